The van der Waals surface area contributed by atoms with Gasteiger partial charge in [-0.25, -0.2) is 4.79 Å². The van der Waals surface area contributed by atoms with Crippen molar-refractivity contribution in [3.05, 3.63) is 75.8 Å². The van der Waals surface area contributed by atoms with Crippen molar-refractivity contribution in [2.45, 2.75) is 32.2 Å². The molecule has 0 fully saturated rings. The van der Waals surface area contributed by atoms with Crippen LogP contribution in [0.1, 0.15) is 30.0 Å². The van der Waals surface area contributed by atoms with Gasteiger partial charge in [-0.3, -0.25) is 4.79 Å². The van der Waals surface area contributed by atoms with Gasteiger partial charge in [0.15, 0.2) is 11.0 Å². The summed E-state index contributed by atoms with van der Waals surface area (Å²) in [5, 5.41) is 14.3. The van der Waals surface area contributed by atoms with E-state index in [4.69, 9.17) is 9.47 Å². The zero-order chi connectivity index (χ0) is 26.2. The third-order valence-electron chi connectivity index (χ3n) is 5.23. The van der Waals surface area contributed by atoms with E-state index in [1.165, 1.54) is 23.1 Å². The van der Waals surface area contributed by atoms with Crippen molar-refractivity contribution in [3.63, 3.8) is 0 Å². The maximum Gasteiger partial charge on any atom is 0.341 e. The summed E-state index contributed by atoms with van der Waals surface area (Å²) in [4.78, 5) is 25.6. The Morgan fingerprint density at radius 3 is 2.54 bits per heavy atom. The Hall–Kier alpha value is -3.15. The molecule has 37 heavy (non-hydrogen) atoms. The van der Waals surface area contributed by atoms with Gasteiger partial charge in [0.05, 0.1) is 12.4 Å². The number of carbonyl (C=O) groups is 2. The van der Waals surface area contributed by atoms with Crippen LogP contribution in [0.25, 0.3) is 11.1 Å². The Morgan fingerprint density at radius 2 is 1.84 bits per heavy atom. The number of ether oxygens (including phenoxy) is 2. The minimum atomic E-state index is -0.466. The standard InChI is InChI=1S/C26H25BrN4O4S2/c1-3-31-21(14-35-19-12-10-18(27)11-13-19)29-30-26(31)37-16-22(32)28-24-23(25(33)34-4-2)20(15-36-24)17-8-6-5-7-9-17/h5-13,15H,3-4,14,16H2,1-2H3,(H,28,32). The molecule has 0 aliphatic rings. The van der Waals surface area contributed by atoms with Crippen LogP contribution in [0.3, 0.4) is 0 Å². The van der Waals surface area contributed by atoms with Crippen molar-refractivity contribution < 1.29 is 19.1 Å². The zero-order valence-electron chi connectivity index (χ0n) is 20.3. The number of hydrogen-bond acceptors (Lipinski definition) is 8. The molecule has 11 heteroatoms. The fourth-order valence-electron chi connectivity index (χ4n) is 3.51. The average molecular weight is 602 g/mol. The quantitative estimate of drug-likeness (QED) is 0.160. The lowest BCUT2D eigenvalue weighted by atomic mass is 10.0. The van der Waals surface area contributed by atoms with E-state index in [9.17, 15) is 9.59 Å². The molecule has 0 radical (unpaired) electrons. The highest BCUT2D eigenvalue weighted by atomic mass is 79.9. The molecule has 0 spiro atoms. The van der Waals surface area contributed by atoms with Gasteiger partial charge in [-0.1, -0.05) is 58.0 Å². The summed E-state index contributed by atoms with van der Waals surface area (Å²) < 4.78 is 14.0. The Morgan fingerprint density at radius 1 is 1.08 bits per heavy atom. The number of hydrogen-bond donors (Lipinski definition) is 1. The summed E-state index contributed by atoms with van der Waals surface area (Å²) in [6, 6.07) is 17.1. The highest BCUT2D eigenvalue weighted by molar-refractivity contribution is 9.10. The van der Waals surface area contributed by atoms with E-state index in [2.05, 4.69) is 31.4 Å². The third kappa shape index (κ3) is 6.79. The molecular formula is C26H25BrN4O4S2. The van der Waals surface area contributed by atoms with E-state index < -0.39 is 5.97 Å². The number of rotatable bonds is 11. The van der Waals surface area contributed by atoms with E-state index in [0.29, 0.717) is 28.1 Å². The summed E-state index contributed by atoms with van der Waals surface area (Å²) >= 11 is 5.98. The minimum Gasteiger partial charge on any atom is -0.486 e. The molecule has 1 amide bonds. The molecule has 2 aromatic carbocycles. The number of nitrogens with zero attached hydrogens (tertiary/aromatic N) is 3. The van der Waals surface area contributed by atoms with E-state index in [-0.39, 0.29) is 24.9 Å². The Balaban J connectivity index is 1.42. The van der Waals surface area contributed by atoms with Crippen LogP contribution in [0.15, 0.2) is 69.6 Å². The van der Waals surface area contributed by atoms with Crippen molar-refractivity contribution >= 4 is 55.9 Å². The minimum absolute atomic E-state index is 0.104. The maximum absolute atomic E-state index is 12.8. The van der Waals surface area contributed by atoms with Crippen molar-refractivity contribution in [3.8, 4) is 16.9 Å². The van der Waals surface area contributed by atoms with Crippen molar-refractivity contribution in [1.29, 1.82) is 0 Å². The lowest BCUT2D eigenvalue weighted by Gasteiger charge is -2.10. The molecule has 0 aliphatic carbocycles. The summed E-state index contributed by atoms with van der Waals surface area (Å²) in [5.74, 6) is 0.781. The molecule has 0 aliphatic heterocycles. The van der Waals surface area contributed by atoms with Crippen molar-refractivity contribution in [2.24, 2.45) is 0 Å². The van der Waals surface area contributed by atoms with E-state index >= 15 is 0 Å². The molecule has 2 aromatic heterocycles. The molecule has 0 saturated heterocycles. The number of halogens is 1. The second kappa shape index (κ2) is 12.9. The van der Waals surface area contributed by atoms with Crippen LogP contribution in [-0.4, -0.2) is 39.0 Å². The zero-order valence-corrected chi connectivity index (χ0v) is 23.5. The van der Waals surface area contributed by atoms with Gasteiger partial charge < -0.3 is 19.4 Å². The first-order valence-corrected chi connectivity index (χ1v) is 14.2. The number of benzene rings is 2. The Kier molecular flexibility index (Phi) is 9.37. The van der Waals surface area contributed by atoms with Crippen molar-refractivity contribution in [1.82, 2.24) is 14.8 Å². The van der Waals surface area contributed by atoms with Gasteiger partial charge in [0.25, 0.3) is 0 Å². The third-order valence-corrected chi connectivity index (χ3v) is 7.62. The van der Waals surface area contributed by atoms with Gasteiger partial charge in [-0.05, 0) is 43.7 Å². The molecule has 0 unspecified atom stereocenters. The number of thiophene rings is 1. The highest BCUT2D eigenvalue weighted by Crippen LogP contribution is 2.36. The molecule has 8 nitrogen and oxygen atoms in total. The maximum atomic E-state index is 12.8. The molecule has 1 N–H and O–H groups in total. The first kappa shape index (κ1) is 26.9. The number of thioether (sulfide) groups is 1. The monoisotopic (exact) mass is 600 g/mol. The van der Waals surface area contributed by atoms with Gasteiger partial charge in [-0.2, -0.15) is 0 Å². The molecule has 0 atom stereocenters. The SMILES string of the molecule is CCOC(=O)c1c(-c2ccccc2)csc1NC(=O)CSc1nnc(COc2ccc(Br)cc2)n1CC. The number of anilines is 1. The topological polar surface area (TPSA) is 95.3 Å². The average Bonchev–Trinajstić information content (AvgIpc) is 3.51. The Labute approximate surface area is 231 Å². The largest absolute Gasteiger partial charge is 0.486 e. The molecule has 192 valence electrons. The fourth-order valence-corrected chi connectivity index (χ4v) is 5.57. The number of amides is 1. The number of carbonyl (C=O) groups excluding carboxylic acids is 2. The number of esters is 1. The summed E-state index contributed by atoms with van der Waals surface area (Å²) in [7, 11) is 0. The van der Waals surface area contributed by atoms with Crippen LogP contribution < -0.4 is 10.1 Å². The van der Waals surface area contributed by atoms with Crippen LogP contribution in [0, 0.1) is 0 Å². The van der Waals surface area contributed by atoms with Gasteiger partial charge in [0.2, 0.25) is 5.91 Å². The first-order chi connectivity index (χ1) is 18.0. The van der Waals surface area contributed by atoms with Crippen LogP contribution in [0.4, 0.5) is 5.00 Å². The van der Waals surface area contributed by atoms with Crippen LogP contribution in [0.5, 0.6) is 5.75 Å². The first-order valence-electron chi connectivity index (χ1n) is 11.6. The van der Waals surface area contributed by atoms with Crippen LogP contribution in [0.2, 0.25) is 0 Å². The fraction of sp³-hybridized carbons (Fsp3) is 0.231. The normalized spacial score (nSPS) is 10.8. The molecule has 2 heterocycles. The molecule has 0 saturated carbocycles. The molecule has 4 aromatic rings. The molecular weight excluding hydrogens is 576 g/mol. The molecule has 4 rings (SSSR count). The highest BCUT2D eigenvalue weighted by Gasteiger charge is 2.23. The summed E-state index contributed by atoms with van der Waals surface area (Å²) in [5.41, 5.74) is 1.97. The lowest BCUT2D eigenvalue weighted by molar-refractivity contribution is -0.113. The number of nitrogens with one attached hydrogen (secondary N) is 1. The predicted octanol–water partition coefficient (Wildman–Crippen LogP) is 6.28. The van der Waals surface area contributed by atoms with Gasteiger partial charge in [0, 0.05) is 22.0 Å². The van der Waals surface area contributed by atoms with Gasteiger partial charge in [0.1, 0.15) is 22.9 Å². The van der Waals surface area contributed by atoms with Gasteiger partial charge in [-0.15, -0.1) is 21.5 Å². The van der Waals surface area contributed by atoms with Gasteiger partial charge >= 0.3 is 5.97 Å². The number of aromatic nitrogens is 3. The van der Waals surface area contributed by atoms with Crippen LogP contribution in [-0.2, 0) is 22.7 Å². The molecule has 0 bridgehead atoms. The Bertz CT molecular complexity index is 1360. The summed E-state index contributed by atoms with van der Waals surface area (Å²) in [6.07, 6.45) is 0. The van der Waals surface area contributed by atoms with Crippen molar-refractivity contribution in [2.75, 3.05) is 17.7 Å². The van der Waals surface area contributed by atoms with E-state index in [0.717, 1.165) is 21.3 Å². The van der Waals surface area contributed by atoms with E-state index in [1.807, 2.05) is 71.5 Å². The lowest BCUT2D eigenvalue weighted by Crippen LogP contribution is -2.17. The van der Waals surface area contributed by atoms with Crippen LogP contribution >= 0.6 is 39.0 Å². The van der Waals surface area contributed by atoms with E-state index in [1.54, 1.807) is 6.92 Å². The predicted molar refractivity (Wildman–Crippen MR) is 149 cm³/mol. The smallest absolute Gasteiger partial charge is 0.341 e. The second-order valence-electron chi connectivity index (χ2n) is 7.66. The second-order valence-corrected chi connectivity index (χ2v) is 10.4. The summed E-state index contributed by atoms with van der Waals surface area (Å²) in [6.45, 7) is 4.87.